The van der Waals surface area contributed by atoms with E-state index in [4.69, 9.17) is 0 Å². The van der Waals surface area contributed by atoms with Crippen LogP contribution in [0.3, 0.4) is 0 Å². The summed E-state index contributed by atoms with van der Waals surface area (Å²) in [5.74, 6) is -0.480. The Morgan fingerprint density at radius 3 is 2.82 bits per heavy atom. The van der Waals surface area contributed by atoms with Crippen LogP contribution in [0.5, 0.6) is 0 Å². The molecule has 0 aliphatic rings. The Morgan fingerprint density at radius 1 is 1.18 bits per heavy atom. The molecule has 3 nitrogen and oxygen atoms in total. The van der Waals surface area contributed by atoms with Gasteiger partial charge in [0.1, 0.15) is 0 Å². The molecule has 0 aliphatic heterocycles. The van der Waals surface area contributed by atoms with E-state index in [-0.39, 0.29) is 0 Å². The molecule has 0 fully saturated rings. The number of halogens is 2. The first-order valence-corrected chi connectivity index (χ1v) is 5.78. The van der Waals surface area contributed by atoms with Crippen LogP contribution in [-0.4, -0.2) is 14.6 Å². The second kappa shape index (κ2) is 3.92. The highest BCUT2D eigenvalue weighted by atomic mass is 79.9. The fraction of sp³-hybridized carbons (Fsp3) is 0. The van der Waals surface area contributed by atoms with E-state index in [1.54, 1.807) is 16.8 Å². The van der Waals surface area contributed by atoms with Crippen LogP contribution in [-0.2, 0) is 0 Å². The molecule has 3 aromatic heterocycles. The molecule has 0 saturated heterocycles. The lowest BCUT2D eigenvalue weighted by molar-refractivity contribution is 0.584. The number of nitrogens with zero attached hydrogens (tertiary/aromatic N) is 3. The highest BCUT2D eigenvalue weighted by Crippen LogP contribution is 2.25. The summed E-state index contributed by atoms with van der Waals surface area (Å²) in [5.41, 5.74) is 2.73. The molecule has 3 heterocycles. The molecule has 3 aromatic rings. The van der Waals surface area contributed by atoms with Crippen molar-refractivity contribution >= 4 is 21.4 Å². The molecule has 0 unspecified atom stereocenters. The van der Waals surface area contributed by atoms with Gasteiger partial charge in [0, 0.05) is 28.0 Å². The van der Waals surface area contributed by atoms with Gasteiger partial charge < -0.3 is 0 Å². The molecule has 0 bridgehead atoms. The van der Waals surface area contributed by atoms with Crippen LogP contribution in [0, 0.1) is 5.95 Å². The molecule has 0 aliphatic carbocycles. The maximum atomic E-state index is 12.8. The number of aromatic nitrogens is 3. The normalized spacial score (nSPS) is 10.9. The topological polar surface area (TPSA) is 30.2 Å². The highest BCUT2D eigenvalue weighted by molar-refractivity contribution is 9.10. The van der Waals surface area contributed by atoms with E-state index in [0.717, 1.165) is 21.1 Å². The number of pyridine rings is 2. The van der Waals surface area contributed by atoms with Crippen molar-refractivity contribution in [2.24, 2.45) is 0 Å². The van der Waals surface area contributed by atoms with Crippen LogP contribution in [0.25, 0.3) is 16.6 Å². The number of fused-ring (bicyclic) bond motifs is 1. The minimum atomic E-state index is -0.480. The van der Waals surface area contributed by atoms with E-state index in [9.17, 15) is 4.39 Å². The number of hydrogen-bond donors (Lipinski definition) is 0. The van der Waals surface area contributed by atoms with Crippen molar-refractivity contribution in [2.75, 3.05) is 0 Å². The van der Waals surface area contributed by atoms with Crippen molar-refractivity contribution in [1.29, 1.82) is 0 Å². The average Bonchev–Trinajstić information content (AvgIpc) is 2.73. The van der Waals surface area contributed by atoms with E-state index in [1.807, 2.05) is 18.3 Å². The van der Waals surface area contributed by atoms with Gasteiger partial charge in [-0.2, -0.15) is 9.49 Å². The van der Waals surface area contributed by atoms with Crippen LogP contribution in [0.15, 0.2) is 47.3 Å². The quantitative estimate of drug-likeness (QED) is 0.644. The van der Waals surface area contributed by atoms with Crippen molar-refractivity contribution in [1.82, 2.24) is 14.6 Å². The lowest BCUT2D eigenvalue weighted by Gasteiger charge is -1.99. The van der Waals surface area contributed by atoms with E-state index in [1.165, 1.54) is 12.3 Å². The van der Waals surface area contributed by atoms with Crippen molar-refractivity contribution in [3.63, 3.8) is 0 Å². The minimum Gasteiger partial charge on any atom is -0.240 e. The third-order valence-electron chi connectivity index (χ3n) is 2.52. The molecular weight excluding hydrogens is 285 g/mol. The Hall–Kier alpha value is -1.75. The van der Waals surface area contributed by atoms with Gasteiger partial charge in [0.05, 0.1) is 11.7 Å². The molecule has 0 spiro atoms. The summed E-state index contributed by atoms with van der Waals surface area (Å²) < 4.78 is 15.5. The van der Waals surface area contributed by atoms with Crippen LogP contribution in [0.2, 0.25) is 0 Å². The molecule has 0 amide bonds. The summed E-state index contributed by atoms with van der Waals surface area (Å²) in [7, 11) is 0. The van der Waals surface area contributed by atoms with Gasteiger partial charge in [-0.05, 0) is 24.3 Å². The zero-order chi connectivity index (χ0) is 11.8. The average molecular weight is 292 g/mol. The summed E-state index contributed by atoms with van der Waals surface area (Å²) >= 11 is 3.42. The van der Waals surface area contributed by atoms with Gasteiger partial charge >= 0.3 is 0 Å². The predicted octanol–water partition coefficient (Wildman–Crippen LogP) is 3.30. The molecule has 0 aromatic carbocycles. The van der Waals surface area contributed by atoms with Crippen LogP contribution in [0.1, 0.15) is 0 Å². The van der Waals surface area contributed by atoms with E-state index in [0.29, 0.717) is 0 Å². The third kappa shape index (κ3) is 1.82. The fourth-order valence-electron chi connectivity index (χ4n) is 1.71. The van der Waals surface area contributed by atoms with E-state index < -0.39 is 5.95 Å². The maximum Gasteiger partial charge on any atom is 0.212 e. The molecule has 0 atom stereocenters. The first kappa shape index (κ1) is 10.4. The molecule has 3 rings (SSSR count). The van der Waals surface area contributed by atoms with Gasteiger partial charge in [-0.1, -0.05) is 15.9 Å². The van der Waals surface area contributed by atoms with Gasteiger partial charge in [-0.25, -0.2) is 9.50 Å². The van der Waals surface area contributed by atoms with E-state index in [2.05, 4.69) is 26.0 Å². The zero-order valence-electron chi connectivity index (χ0n) is 8.64. The molecule has 17 heavy (non-hydrogen) atoms. The third-order valence-corrected chi connectivity index (χ3v) is 3.02. The monoisotopic (exact) mass is 291 g/mol. The molecule has 0 saturated carbocycles. The first-order valence-electron chi connectivity index (χ1n) is 4.99. The molecule has 0 radical (unpaired) electrons. The van der Waals surface area contributed by atoms with Gasteiger partial charge in [0.2, 0.25) is 5.95 Å². The van der Waals surface area contributed by atoms with Gasteiger partial charge in [0.25, 0.3) is 0 Å². The standard InChI is InChI=1S/C12H7BrFN3/c13-9-3-4-17-11(5-9)10(7-16-17)8-1-2-12(14)15-6-8/h1-7H. The minimum absolute atomic E-state index is 0.480. The Labute approximate surface area is 105 Å². The van der Waals surface area contributed by atoms with Crippen LogP contribution >= 0.6 is 15.9 Å². The summed E-state index contributed by atoms with van der Waals surface area (Å²) in [6, 6.07) is 6.91. The Bertz CT molecular complexity index is 676. The molecular formula is C12H7BrFN3. The van der Waals surface area contributed by atoms with Gasteiger partial charge in [-0.3, -0.25) is 0 Å². The summed E-state index contributed by atoms with van der Waals surface area (Å²) in [6.07, 6.45) is 5.11. The van der Waals surface area contributed by atoms with E-state index >= 15 is 0 Å². The van der Waals surface area contributed by atoms with Crippen molar-refractivity contribution < 1.29 is 4.39 Å². The first-order chi connectivity index (χ1) is 8.24. The second-order valence-corrected chi connectivity index (χ2v) is 4.52. The predicted molar refractivity (Wildman–Crippen MR) is 66.1 cm³/mol. The molecule has 5 heteroatoms. The second-order valence-electron chi connectivity index (χ2n) is 3.60. The lowest BCUT2D eigenvalue weighted by Crippen LogP contribution is -1.86. The fourth-order valence-corrected chi connectivity index (χ4v) is 2.05. The SMILES string of the molecule is Fc1ccc(-c2cnn3ccc(Br)cc23)cn1. The zero-order valence-corrected chi connectivity index (χ0v) is 10.2. The summed E-state index contributed by atoms with van der Waals surface area (Å²) in [5, 5.41) is 4.23. The Balaban J connectivity index is 2.23. The molecule has 84 valence electrons. The Kier molecular flexibility index (Phi) is 2.40. The Morgan fingerprint density at radius 2 is 2.06 bits per heavy atom. The van der Waals surface area contributed by atoms with Gasteiger partial charge in [-0.15, -0.1) is 0 Å². The van der Waals surface area contributed by atoms with Gasteiger partial charge in [0.15, 0.2) is 0 Å². The highest BCUT2D eigenvalue weighted by Gasteiger charge is 2.07. The van der Waals surface area contributed by atoms with Crippen molar-refractivity contribution in [2.45, 2.75) is 0 Å². The smallest absolute Gasteiger partial charge is 0.212 e. The van der Waals surface area contributed by atoms with Crippen molar-refractivity contribution in [3.8, 4) is 11.1 Å². The molecule has 0 N–H and O–H groups in total. The van der Waals surface area contributed by atoms with Crippen molar-refractivity contribution in [3.05, 3.63) is 53.3 Å². The van der Waals surface area contributed by atoms with Crippen LogP contribution < -0.4 is 0 Å². The summed E-state index contributed by atoms with van der Waals surface area (Å²) in [6.45, 7) is 0. The van der Waals surface area contributed by atoms with Crippen LogP contribution in [0.4, 0.5) is 4.39 Å². The largest absolute Gasteiger partial charge is 0.240 e. The summed E-state index contributed by atoms with van der Waals surface area (Å²) in [4.78, 5) is 3.65. The number of rotatable bonds is 1. The number of hydrogen-bond acceptors (Lipinski definition) is 2. The lowest BCUT2D eigenvalue weighted by atomic mass is 10.1. The maximum absolute atomic E-state index is 12.8.